The molecule has 2 aliphatic rings. The van der Waals surface area contributed by atoms with Crippen molar-refractivity contribution in [2.75, 3.05) is 19.6 Å². The van der Waals surface area contributed by atoms with E-state index in [9.17, 15) is 0 Å². The first kappa shape index (κ1) is 13.1. The number of fused-ring (bicyclic) bond motifs is 1. The van der Waals surface area contributed by atoms with Crippen LogP contribution in [0.3, 0.4) is 0 Å². The van der Waals surface area contributed by atoms with E-state index in [4.69, 9.17) is 4.52 Å². The molecule has 106 valence electrons. The SMILES string of the molecule is CC(C)C1CN2CCCCC2CN1Cc1ncon1. The van der Waals surface area contributed by atoms with Crippen molar-refractivity contribution in [1.82, 2.24) is 19.9 Å². The Balaban J connectivity index is 1.72. The molecule has 0 amide bonds. The minimum absolute atomic E-state index is 0.604. The van der Waals surface area contributed by atoms with Gasteiger partial charge in [0.25, 0.3) is 0 Å². The van der Waals surface area contributed by atoms with Crippen molar-refractivity contribution in [3.8, 4) is 0 Å². The molecular weight excluding hydrogens is 240 g/mol. The van der Waals surface area contributed by atoms with Crippen LogP contribution in [0.15, 0.2) is 10.9 Å². The first-order valence-corrected chi connectivity index (χ1v) is 7.47. The van der Waals surface area contributed by atoms with Crippen LogP contribution in [0.2, 0.25) is 0 Å². The number of rotatable bonds is 3. The van der Waals surface area contributed by atoms with Crippen LogP contribution in [-0.2, 0) is 6.54 Å². The predicted octanol–water partition coefficient (Wildman–Crippen LogP) is 1.76. The van der Waals surface area contributed by atoms with E-state index in [1.165, 1.54) is 38.7 Å². The van der Waals surface area contributed by atoms with Crippen LogP contribution in [0.1, 0.15) is 38.9 Å². The Morgan fingerprint density at radius 2 is 2.26 bits per heavy atom. The predicted molar refractivity (Wildman–Crippen MR) is 72.5 cm³/mol. The van der Waals surface area contributed by atoms with Crippen LogP contribution in [0.4, 0.5) is 0 Å². The van der Waals surface area contributed by atoms with Gasteiger partial charge in [0.2, 0.25) is 6.39 Å². The summed E-state index contributed by atoms with van der Waals surface area (Å²) in [5.41, 5.74) is 0. The molecule has 0 N–H and O–H groups in total. The number of hydrogen-bond acceptors (Lipinski definition) is 5. The summed E-state index contributed by atoms with van der Waals surface area (Å²) in [6, 6.07) is 1.34. The van der Waals surface area contributed by atoms with Gasteiger partial charge in [-0.3, -0.25) is 9.80 Å². The van der Waals surface area contributed by atoms with Gasteiger partial charge in [-0.2, -0.15) is 4.98 Å². The van der Waals surface area contributed by atoms with Crippen molar-refractivity contribution in [3.63, 3.8) is 0 Å². The van der Waals surface area contributed by atoms with Crippen LogP contribution in [0.5, 0.6) is 0 Å². The van der Waals surface area contributed by atoms with Gasteiger partial charge in [-0.25, -0.2) is 0 Å². The maximum absolute atomic E-state index is 4.86. The first-order valence-electron chi connectivity index (χ1n) is 7.47. The molecule has 5 heteroatoms. The second-order valence-electron chi connectivity index (χ2n) is 6.23. The highest BCUT2D eigenvalue weighted by atomic mass is 16.5. The summed E-state index contributed by atoms with van der Waals surface area (Å²) >= 11 is 0. The van der Waals surface area contributed by atoms with Crippen LogP contribution in [0, 0.1) is 5.92 Å². The van der Waals surface area contributed by atoms with E-state index in [1.807, 2.05) is 0 Å². The Hall–Kier alpha value is -0.940. The molecule has 2 fully saturated rings. The van der Waals surface area contributed by atoms with Gasteiger partial charge in [0, 0.05) is 25.2 Å². The van der Waals surface area contributed by atoms with Crippen molar-refractivity contribution in [3.05, 3.63) is 12.2 Å². The highest BCUT2D eigenvalue weighted by Gasteiger charge is 2.36. The molecule has 0 saturated carbocycles. The fraction of sp³-hybridized carbons (Fsp3) is 0.857. The molecule has 0 radical (unpaired) electrons. The normalized spacial score (nSPS) is 29.6. The van der Waals surface area contributed by atoms with E-state index in [1.54, 1.807) is 0 Å². The summed E-state index contributed by atoms with van der Waals surface area (Å²) in [4.78, 5) is 9.43. The topological polar surface area (TPSA) is 45.4 Å². The smallest absolute Gasteiger partial charge is 0.213 e. The average Bonchev–Trinajstić information content (AvgIpc) is 2.90. The third kappa shape index (κ3) is 2.82. The first-order chi connectivity index (χ1) is 9.24. The minimum Gasteiger partial charge on any atom is -0.343 e. The van der Waals surface area contributed by atoms with E-state index in [0.717, 1.165) is 25.0 Å². The van der Waals surface area contributed by atoms with E-state index < -0.39 is 0 Å². The molecular formula is C14H24N4O. The highest BCUT2D eigenvalue weighted by Crippen LogP contribution is 2.27. The van der Waals surface area contributed by atoms with Gasteiger partial charge in [0.05, 0.1) is 6.54 Å². The second kappa shape index (κ2) is 5.59. The van der Waals surface area contributed by atoms with E-state index in [2.05, 4.69) is 33.8 Å². The lowest BCUT2D eigenvalue weighted by atomic mass is 9.92. The lowest BCUT2D eigenvalue weighted by Gasteiger charge is -2.49. The molecule has 2 unspecified atom stereocenters. The molecule has 2 atom stereocenters. The molecule has 3 heterocycles. The van der Waals surface area contributed by atoms with Crippen molar-refractivity contribution in [2.24, 2.45) is 5.92 Å². The Morgan fingerprint density at radius 3 is 3.00 bits per heavy atom. The monoisotopic (exact) mass is 264 g/mol. The zero-order valence-corrected chi connectivity index (χ0v) is 12.0. The molecule has 0 spiro atoms. The van der Waals surface area contributed by atoms with E-state index in [0.29, 0.717) is 12.0 Å². The van der Waals surface area contributed by atoms with Crippen LogP contribution < -0.4 is 0 Å². The second-order valence-corrected chi connectivity index (χ2v) is 6.23. The van der Waals surface area contributed by atoms with E-state index in [-0.39, 0.29) is 0 Å². The zero-order valence-electron chi connectivity index (χ0n) is 12.0. The zero-order chi connectivity index (χ0) is 13.2. The average molecular weight is 264 g/mol. The molecule has 3 rings (SSSR count). The van der Waals surface area contributed by atoms with E-state index >= 15 is 0 Å². The maximum atomic E-state index is 4.86. The minimum atomic E-state index is 0.604. The van der Waals surface area contributed by atoms with Crippen LogP contribution in [-0.4, -0.2) is 51.7 Å². The number of piperazine rings is 1. The molecule has 0 bridgehead atoms. The van der Waals surface area contributed by atoms with Gasteiger partial charge >= 0.3 is 0 Å². The summed E-state index contributed by atoms with van der Waals surface area (Å²) in [6.07, 6.45) is 5.51. The van der Waals surface area contributed by atoms with Gasteiger partial charge in [-0.05, 0) is 25.3 Å². The van der Waals surface area contributed by atoms with Gasteiger partial charge < -0.3 is 4.52 Å². The quantitative estimate of drug-likeness (QED) is 0.832. The molecule has 2 saturated heterocycles. The third-order valence-corrected chi connectivity index (χ3v) is 4.61. The van der Waals surface area contributed by atoms with Crippen LogP contribution >= 0.6 is 0 Å². The maximum Gasteiger partial charge on any atom is 0.213 e. The Morgan fingerprint density at radius 1 is 1.37 bits per heavy atom. The number of nitrogens with zero attached hydrogens (tertiary/aromatic N) is 4. The molecule has 1 aromatic rings. The summed E-state index contributed by atoms with van der Waals surface area (Å²) < 4.78 is 4.86. The summed E-state index contributed by atoms with van der Waals surface area (Å²) in [6.45, 7) is 9.08. The Kier molecular flexibility index (Phi) is 3.84. The molecule has 0 aromatic carbocycles. The standard InChI is InChI=1S/C14H24N4O/c1-11(2)13-8-17-6-4-3-5-12(17)7-18(13)9-14-15-10-19-16-14/h10-13H,3-9H2,1-2H3. The summed E-state index contributed by atoms with van der Waals surface area (Å²) in [7, 11) is 0. The largest absolute Gasteiger partial charge is 0.343 e. The summed E-state index contributed by atoms with van der Waals surface area (Å²) in [5.74, 6) is 1.48. The Labute approximate surface area is 115 Å². The van der Waals surface area contributed by atoms with Crippen molar-refractivity contribution in [1.29, 1.82) is 0 Å². The van der Waals surface area contributed by atoms with Crippen LogP contribution in [0.25, 0.3) is 0 Å². The van der Waals surface area contributed by atoms with Gasteiger partial charge in [0.1, 0.15) is 0 Å². The Bertz CT molecular complexity index is 392. The lowest BCUT2D eigenvalue weighted by Crippen LogP contribution is -2.60. The van der Waals surface area contributed by atoms with Gasteiger partial charge in [-0.15, -0.1) is 0 Å². The number of aromatic nitrogens is 2. The van der Waals surface area contributed by atoms with Crippen molar-refractivity contribution < 1.29 is 4.52 Å². The fourth-order valence-corrected chi connectivity index (χ4v) is 3.53. The van der Waals surface area contributed by atoms with Crippen molar-refractivity contribution in [2.45, 2.75) is 51.7 Å². The summed E-state index contributed by atoms with van der Waals surface area (Å²) in [5, 5.41) is 3.97. The molecule has 2 aliphatic heterocycles. The lowest BCUT2D eigenvalue weighted by molar-refractivity contribution is -0.0132. The van der Waals surface area contributed by atoms with Crippen molar-refractivity contribution >= 4 is 0 Å². The van der Waals surface area contributed by atoms with Gasteiger partial charge in [0.15, 0.2) is 5.82 Å². The molecule has 5 nitrogen and oxygen atoms in total. The molecule has 0 aliphatic carbocycles. The fourth-order valence-electron chi connectivity index (χ4n) is 3.53. The molecule has 19 heavy (non-hydrogen) atoms. The molecule has 1 aromatic heterocycles. The number of piperidine rings is 1. The third-order valence-electron chi connectivity index (χ3n) is 4.61. The number of hydrogen-bond donors (Lipinski definition) is 0. The highest BCUT2D eigenvalue weighted by molar-refractivity contribution is 4.94. The van der Waals surface area contributed by atoms with Gasteiger partial charge in [-0.1, -0.05) is 25.4 Å².